The van der Waals surface area contributed by atoms with Crippen molar-refractivity contribution >= 4 is 22.5 Å². The molecule has 0 amide bonds. The van der Waals surface area contributed by atoms with Crippen LogP contribution >= 0.6 is 0 Å². The number of para-hydroxylation sites is 1. The number of pyridine rings is 1. The summed E-state index contributed by atoms with van der Waals surface area (Å²) in [5, 5.41) is 9.01. The van der Waals surface area contributed by atoms with E-state index in [1.165, 1.54) is 0 Å². The summed E-state index contributed by atoms with van der Waals surface area (Å²) in [5.74, 6) is 0.541. The summed E-state index contributed by atoms with van der Waals surface area (Å²) in [5.41, 5.74) is 6.62. The maximum atomic E-state index is 4.71. The molecular weight excluding hydrogens is 372 g/mol. The third kappa shape index (κ3) is 3.51. The van der Waals surface area contributed by atoms with E-state index in [0.717, 1.165) is 44.9 Å². The Morgan fingerprint density at radius 2 is 1.73 bits per heavy atom. The summed E-state index contributed by atoms with van der Waals surface area (Å²) >= 11 is 0. The largest absolute Gasteiger partial charge is 0.324 e. The standard InChI is InChI=1S/C24H20N6/c1-16-8-9-18-14-19(10-11-22(18)26-16)27-24-25-13-12-23(28-24)21-15-30(29-17(21)2)20-6-4-3-5-7-20/h3-15H,1-2H3,(H,25,27,28). The molecule has 6 heteroatoms. The minimum atomic E-state index is 0.541. The van der Waals surface area contributed by atoms with Crippen LogP contribution in [0.3, 0.4) is 0 Å². The fourth-order valence-corrected chi connectivity index (χ4v) is 3.43. The van der Waals surface area contributed by atoms with Gasteiger partial charge < -0.3 is 5.32 Å². The molecule has 0 atom stereocenters. The summed E-state index contributed by atoms with van der Waals surface area (Å²) in [6.07, 6.45) is 3.76. The Morgan fingerprint density at radius 3 is 2.60 bits per heavy atom. The highest BCUT2D eigenvalue weighted by Gasteiger charge is 2.11. The van der Waals surface area contributed by atoms with Crippen LogP contribution in [0.4, 0.5) is 11.6 Å². The van der Waals surface area contributed by atoms with Crippen LogP contribution in [0.25, 0.3) is 27.8 Å². The van der Waals surface area contributed by atoms with Crippen LogP contribution in [-0.4, -0.2) is 24.7 Å². The molecule has 0 spiro atoms. The van der Waals surface area contributed by atoms with Gasteiger partial charge in [0.25, 0.3) is 0 Å². The van der Waals surface area contributed by atoms with Crippen molar-refractivity contribution in [1.29, 1.82) is 0 Å². The molecule has 0 aliphatic carbocycles. The summed E-state index contributed by atoms with van der Waals surface area (Å²) in [6.45, 7) is 3.98. The van der Waals surface area contributed by atoms with Gasteiger partial charge in [0.15, 0.2) is 0 Å². The minimum absolute atomic E-state index is 0.541. The second kappa shape index (κ2) is 7.40. The van der Waals surface area contributed by atoms with Gasteiger partial charge in [-0.15, -0.1) is 0 Å². The molecular formula is C24H20N6. The lowest BCUT2D eigenvalue weighted by Crippen LogP contribution is -1.98. The molecule has 30 heavy (non-hydrogen) atoms. The van der Waals surface area contributed by atoms with Crippen molar-refractivity contribution in [1.82, 2.24) is 24.7 Å². The topological polar surface area (TPSA) is 68.5 Å². The molecule has 2 aromatic carbocycles. The van der Waals surface area contributed by atoms with Crippen molar-refractivity contribution in [2.24, 2.45) is 0 Å². The van der Waals surface area contributed by atoms with E-state index >= 15 is 0 Å². The van der Waals surface area contributed by atoms with E-state index in [2.05, 4.69) is 32.5 Å². The van der Waals surface area contributed by atoms with Gasteiger partial charge in [-0.2, -0.15) is 5.10 Å². The molecule has 0 bridgehead atoms. The fourth-order valence-electron chi connectivity index (χ4n) is 3.43. The molecule has 1 N–H and O–H groups in total. The molecule has 0 saturated heterocycles. The van der Waals surface area contributed by atoms with Gasteiger partial charge in [0, 0.05) is 34.7 Å². The fraction of sp³-hybridized carbons (Fsp3) is 0.0833. The van der Waals surface area contributed by atoms with Crippen LogP contribution in [-0.2, 0) is 0 Å². The normalized spacial score (nSPS) is 11.0. The Morgan fingerprint density at radius 1 is 0.867 bits per heavy atom. The smallest absolute Gasteiger partial charge is 0.227 e. The lowest BCUT2D eigenvalue weighted by Gasteiger charge is -2.07. The lowest BCUT2D eigenvalue weighted by atomic mass is 10.2. The first-order valence-corrected chi connectivity index (χ1v) is 9.75. The van der Waals surface area contributed by atoms with Crippen LogP contribution < -0.4 is 5.32 Å². The van der Waals surface area contributed by atoms with E-state index in [1.54, 1.807) is 6.20 Å². The summed E-state index contributed by atoms with van der Waals surface area (Å²) in [4.78, 5) is 13.6. The van der Waals surface area contributed by atoms with E-state index in [1.807, 2.05) is 79.3 Å². The highest BCUT2D eigenvalue weighted by atomic mass is 15.3. The van der Waals surface area contributed by atoms with Gasteiger partial charge in [-0.1, -0.05) is 24.3 Å². The molecule has 0 aliphatic rings. The van der Waals surface area contributed by atoms with E-state index < -0.39 is 0 Å². The molecule has 0 unspecified atom stereocenters. The Balaban J connectivity index is 1.45. The quantitative estimate of drug-likeness (QED) is 0.453. The van der Waals surface area contributed by atoms with Crippen molar-refractivity contribution in [2.75, 3.05) is 5.32 Å². The van der Waals surface area contributed by atoms with E-state index in [0.29, 0.717) is 5.95 Å². The molecule has 6 nitrogen and oxygen atoms in total. The highest BCUT2D eigenvalue weighted by molar-refractivity contribution is 5.83. The van der Waals surface area contributed by atoms with Gasteiger partial charge in [0.1, 0.15) is 0 Å². The number of anilines is 2. The Hall–Kier alpha value is -4.06. The SMILES string of the molecule is Cc1ccc2cc(Nc3nccc(-c4cn(-c5ccccc5)nc4C)n3)ccc2n1. The zero-order chi connectivity index (χ0) is 20.5. The Bertz CT molecular complexity index is 1340. The highest BCUT2D eigenvalue weighted by Crippen LogP contribution is 2.25. The van der Waals surface area contributed by atoms with Crippen LogP contribution in [0.2, 0.25) is 0 Å². The molecule has 0 saturated carbocycles. The second-order valence-electron chi connectivity index (χ2n) is 7.16. The van der Waals surface area contributed by atoms with Gasteiger partial charge >= 0.3 is 0 Å². The van der Waals surface area contributed by atoms with E-state index in [-0.39, 0.29) is 0 Å². The predicted octanol–water partition coefficient (Wildman–Crippen LogP) is 5.24. The number of aromatic nitrogens is 5. The predicted molar refractivity (Wildman–Crippen MR) is 119 cm³/mol. The zero-order valence-electron chi connectivity index (χ0n) is 16.7. The maximum Gasteiger partial charge on any atom is 0.227 e. The number of rotatable bonds is 4. The van der Waals surface area contributed by atoms with Crippen molar-refractivity contribution in [3.8, 4) is 16.9 Å². The first-order valence-electron chi connectivity index (χ1n) is 9.75. The van der Waals surface area contributed by atoms with Gasteiger partial charge in [-0.25, -0.2) is 14.6 Å². The number of hydrogen-bond donors (Lipinski definition) is 1. The third-order valence-electron chi connectivity index (χ3n) is 4.94. The summed E-state index contributed by atoms with van der Waals surface area (Å²) in [7, 11) is 0. The average molecular weight is 392 g/mol. The van der Waals surface area contributed by atoms with Gasteiger partial charge in [0.05, 0.1) is 22.6 Å². The average Bonchev–Trinajstić information content (AvgIpc) is 3.16. The molecule has 3 heterocycles. The van der Waals surface area contributed by atoms with Crippen molar-refractivity contribution in [3.63, 3.8) is 0 Å². The number of fused-ring (bicyclic) bond motifs is 1. The van der Waals surface area contributed by atoms with Crippen LogP contribution in [0.15, 0.2) is 79.1 Å². The number of nitrogens with zero attached hydrogens (tertiary/aromatic N) is 5. The second-order valence-corrected chi connectivity index (χ2v) is 7.16. The molecule has 5 aromatic rings. The zero-order valence-corrected chi connectivity index (χ0v) is 16.7. The minimum Gasteiger partial charge on any atom is -0.324 e. The summed E-state index contributed by atoms with van der Waals surface area (Å²) < 4.78 is 1.87. The number of aryl methyl sites for hydroxylation is 2. The number of nitrogens with one attached hydrogen (secondary N) is 1. The van der Waals surface area contributed by atoms with Crippen molar-refractivity contribution in [2.45, 2.75) is 13.8 Å². The number of benzene rings is 2. The Kier molecular flexibility index (Phi) is 4.44. The maximum absolute atomic E-state index is 4.71. The lowest BCUT2D eigenvalue weighted by molar-refractivity contribution is 0.863. The first-order chi connectivity index (χ1) is 14.7. The van der Waals surface area contributed by atoms with Crippen molar-refractivity contribution in [3.05, 3.63) is 90.5 Å². The molecule has 0 fully saturated rings. The molecule has 3 aromatic heterocycles. The molecule has 5 rings (SSSR count). The molecule has 146 valence electrons. The van der Waals surface area contributed by atoms with Crippen LogP contribution in [0, 0.1) is 13.8 Å². The van der Waals surface area contributed by atoms with Crippen LogP contribution in [0.5, 0.6) is 0 Å². The van der Waals surface area contributed by atoms with Crippen molar-refractivity contribution < 1.29 is 0 Å². The van der Waals surface area contributed by atoms with Gasteiger partial charge in [-0.3, -0.25) is 4.98 Å². The monoisotopic (exact) mass is 392 g/mol. The Labute approximate surface area is 174 Å². The van der Waals surface area contributed by atoms with E-state index in [9.17, 15) is 0 Å². The van der Waals surface area contributed by atoms with Gasteiger partial charge in [-0.05, 0) is 56.3 Å². The number of hydrogen-bond acceptors (Lipinski definition) is 5. The van der Waals surface area contributed by atoms with Gasteiger partial charge in [0.2, 0.25) is 5.95 Å². The summed E-state index contributed by atoms with van der Waals surface area (Å²) in [6, 6.07) is 22.1. The molecule has 0 aliphatic heterocycles. The van der Waals surface area contributed by atoms with Crippen LogP contribution in [0.1, 0.15) is 11.4 Å². The van der Waals surface area contributed by atoms with E-state index in [4.69, 9.17) is 4.98 Å². The molecule has 0 radical (unpaired) electrons. The first kappa shape index (κ1) is 18.0. The third-order valence-corrected chi connectivity index (χ3v) is 4.94.